The van der Waals surface area contributed by atoms with E-state index in [2.05, 4.69) is 10.6 Å². The van der Waals surface area contributed by atoms with Crippen LogP contribution in [0.15, 0.2) is 29.2 Å². The van der Waals surface area contributed by atoms with Gasteiger partial charge in [0, 0.05) is 6.54 Å². The van der Waals surface area contributed by atoms with Crippen molar-refractivity contribution >= 4 is 21.6 Å². The second kappa shape index (κ2) is 5.51. The predicted molar refractivity (Wildman–Crippen MR) is 76.7 cm³/mol. The molecule has 1 atom stereocenters. The maximum absolute atomic E-state index is 12.5. The molecule has 0 bridgehead atoms. The molecule has 1 unspecified atom stereocenters. The molecular weight excluding hydrogens is 278 g/mol. The molecular formula is C13H19N3O3S. The van der Waals surface area contributed by atoms with Crippen LogP contribution in [-0.2, 0) is 14.8 Å². The topological polar surface area (TPSA) is 101 Å². The normalized spacial score (nSPS) is 22.7. The van der Waals surface area contributed by atoms with Gasteiger partial charge in [-0.2, -0.15) is 0 Å². The summed E-state index contributed by atoms with van der Waals surface area (Å²) in [5, 5.41) is 11.0. The smallest absolute Gasteiger partial charge is 0.240 e. The lowest BCUT2D eigenvalue weighted by molar-refractivity contribution is -0.124. The average molecular weight is 297 g/mol. The Kier molecular flexibility index (Phi) is 4.12. The summed E-state index contributed by atoms with van der Waals surface area (Å²) < 4.78 is 23.0. The van der Waals surface area contributed by atoms with Crippen LogP contribution in [-0.4, -0.2) is 27.4 Å². The standard InChI is InChI=1S/C13H19N3O3S/c1-2-13(7-8-15-9-13)12(17)16-10-5-3-4-6-11(10)20(14,18)19/h3-6,15H,2,7-9H2,1H3,(H,16,17)(H2,14,18,19). The molecule has 1 saturated heterocycles. The van der Waals surface area contributed by atoms with Gasteiger partial charge >= 0.3 is 0 Å². The third-order valence-corrected chi connectivity index (χ3v) is 4.81. The molecule has 0 aromatic heterocycles. The highest BCUT2D eigenvalue weighted by Gasteiger charge is 2.39. The summed E-state index contributed by atoms with van der Waals surface area (Å²) in [5.41, 5.74) is -0.245. The number of benzene rings is 1. The zero-order chi connectivity index (χ0) is 14.8. The van der Waals surface area contributed by atoms with Crippen molar-refractivity contribution in [2.75, 3.05) is 18.4 Å². The van der Waals surface area contributed by atoms with Crippen LogP contribution in [0.4, 0.5) is 5.69 Å². The highest BCUT2D eigenvalue weighted by atomic mass is 32.2. The van der Waals surface area contributed by atoms with Gasteiger partial charge in [0.15, 0.2) is 0 Å². The van der Waals surface area contributed by atoms with Crippen LogP contribution in [0.25, 0.3) is 0 Å². The lowest BCUT2D eigenvalue weighted by atomic mass is 9.83. The van der Waals surface area contributed by atoms with Crippen LogP contribution in [0.3, 0.4) is 0 Å². The quantitative estimate of drug-likeness (QED) is 0.760. The lowest BCUT2D eigenvalue weighted by Gasteiger charge is -2.25. The summed E-state index contributed by atoms with van der Waals surface area (Å²) in [6.07, 6.45) is 1.44. The number of sulfonamides is 1. The largest absolute Gasteiger partial charge is 0.324 e. The Morgan fingerprint density at radius 1 is 1.45 bits per heavy atom. The van der Waals surface area contributed by atoms with E-state index in [1.54, 1.807) is 18.2 Å². The minimum Gasteiger partial charge on any atom is -0.324 e. The Balaban J connectivity index is 2.29. The van der Waals surface area contributed by atoms with Gasteiger partial charge in [0.2, 0.25) is 15.9 Å². The number of carbonyl (C=O) groups is 1. The Hall–Kier alpha value is -1.44. The average Bonchev–Trinajstić information content (AvgIpc) is 2.88. The van der Waals surface area contributed by atoms with Crippen molar-refractivity contribution in [2.24, 2.45) is 10.6 Å². The minimum atomic E-state index is -3.86. The number of primary sulfonamides is 1. The summed E-state index contributed by atoms with van der Waals surface area (Å²) in [4.78, 5) is 12.4. The third-order valence-electron chi connectivity index (χ3n) is 3.84. The van der Waals surface area contributed by atoms with Crippen molar-refractivity contribution < 1.29 is 13.2 Å². The zero-order valence-electron chi connectivity index (χ0n) is 11.3. The molecule has 1 aromatic carbocycles. The van der Waals surface area contributed by atoms with Gasteiger partial charge in [-0.15, -0.1) is 0 Å². The molecule has 6 nitrogen and oxygen atoms in total. The van der Waals surface area contributed by atoms with Crippen molar-refractivity contribution in [1.82, 2.24) is 5.32 Å². The molecule has 4 N–H and O–H groups in total. The number of amides is 1. The highest BCUT2D eigenvalue weighted by Crippen LogP contribution is 2.32. The monoisotopic (exact) mass is 297 g/mol. The molecule has 0 radical (unpaired) electrons. The van der Waals surface area contributed by atoms with E-state index in [-0.39, 0.29) is 16.5 Å². The Morgan fingerprint density at radius 2 is 2.15 bits per heavy atom. The first-order chi connectivity index (χ1) is 9.39. The van der Waals surface area contributed by atoms with Crippen molar-refractivity contribution in [2.45, 2.75) is 24.7 Å². The van der Waals surface area contributed by atoms with Gasteiger partial charge in [-0.25, -0.2) is 13.6 Å². The summed E-state index contributed by atoms with van der Waals surface area (Å²) >= 11 is 0. The molecule has 0 saturated carbocycles. The summed E-state index contributed by atoms with van der Waals surface area (Å²) in [6.45, 7) is 3.35. The number of nitrogens with two attached hydrogens (primary N) is 1. The Morgan fingerprint density at radius 3 is 2.70 bits per heavy atom. The molecule has 2 rings (SSSR count). The molecule has 0 aliphatic carbocycles. The molecule has 0 spiro atoms. The number of hydrogen-bond acceptors (Lipinski definition) is 4. The van der Waals surface area contributed by atoms with Gasteiger partial charge in [-0.05, 0) is 31.5 Å². The first-order valence-corrected chi connectivity index (χ1v) is 8.08. The highest BCUT2D eigenvalue weighted by molar-refractivity contribution is 7.89. The number of rotatable bonds is 4. The van der Waals surface area contributed by atoms with Crippen molar-refractivity contribution in [3.8, 4) is 0 Å². The van der Waals surface area contributed by atoms with Crippen molar-refractivity contribution in [1.29, 1.82) is 0 Å². The molecule has 110 valence electrons. The number of hydrogen-bond donors (Lipinski definition) is 3. The second-order valence-corrected chi connectivity index (χ2v) is 6.59. The van der Waals surface area contributed by atoms with Crippen LogP contribution in [0.1, 0.15) is 19.8 Å². The number of nitrogens with one attached hydrogen (secondary N) is 2. The number of para-hydroxylation sites is 1. The molecule has 7 heteroatoms. The fraction of sp³-hybridized carbons (Fsp3) is 0.462. The van der Waals surface area contributed by atoms with Crippen molar-refractivity contribution in [3.05, 3.63) is 24.3 Å². The van der Waals surface area contributed by atoms with E-state index in [0.717, 1.165) is 13.0 Å². The molecule has 1 aliphatic heterocycles. The van der Waals surface area contributed by atoms with Gasteiger partial charge in [-0.3, -0.25) is 4.79 Å². The third kappa shape index (κ3) is 2.84. The van der Waals surface area contributed by atoms with Crippen LogP contribution in [0.5, 0.6) is 0 Å². The minimum absolute atomic E-state index is 0.0643. The summed E-state index contributed by atoms with van der Waals surface area (Å²) in [6, 6.07) is 6.16. The Labute approximate surface area is 118 Å². The second-order valence-electron chi connectivity index (χ2n) is 5.06. The molecule has 1 fully saturated rings. The molecule has 20 heavy (non-hydrogen) atoms. The molecule has 1 aliphatic rings. The van der Waals surface area contributed by atoms with Crippen molar-refractivity contribution in [3.63, 3.8) is 0 Å². The zero-order valence-corrected chi connectivity index (χ0v) is 12.2. The fourth-order valence-corrected chi connectivity index (χ4v) is 3.17. The Bertz CT molecular complexity index is 607. The first-order valence-electron chi connectivity index (χ1n) is 6.53. The van der Waals surface area contributed by atoms with Gasteiger partial charge in [-0.1, -0.05) is 19.1 Å². The van der Waals surface area contributed by atoms with Gasteiger partial charge in [0.05, 0.1) is 11.1 Å². The van der Waals surface area contributed by atoms with Gasteiger partial charge in [0.1, 0.15) is 4.90 Å². The van der Waals surface area contributed by atoms with E-state index < -0.39 is 15.4 Å². The fourth-order valence-electron chi connectivity index (χ4n) is 2.47. The van der Waals surface area contributed by atoms with Gasteiger partial charge < -0.3 is 10.6 Å². The number of carbonyl (C=O) groups excluding carboxylic acids is 1. The molecule has 1 aromatic rings. The first kappa shape index (κ1) is 15.0. The summed E-state index contributed by atoms with van der Waals surface area (Å²) in [7, 11) is -3.86. The van der Waals surface area contributed by atoms with Gasteiger partial charge in [0.25, 0.3) is 0 Å². The van der Waals surface area contributed by atoms with Crippen LogP contribution >= 0.6 is 0 Å². The van der Waals surface area contributed by atoms with E-state index >= 15 is 0 Å². The predicted octanol–water partition coefficient (Wildman–Crippen LogP) is 0.662. The summed E-state index contributed by atoms with van der Waals surface area (Å²) in [5.74, 6) is -0.166. The molecule has 1 amide bonds. The van der Waals surface area contributed by atoms with Crippen LogP contribution in [0, 0.1) is 5.41 Å². The maximum atomic E-state index is 12.5. The van der Waals surface area contributed by atoms with Crippen LogP contribution < -0.4 is 15.8 Å². The van der Waals surface area contributed by atoms with Crippen LogP contribution in [0.2, 0.25) is 0 Å². The van der Waals surface area contributed by atoms with E-state index in [1.807, 2.05) is 6.92 Å². The maximum Gasteiger partial charge on any atom is 0.240 e. The SMILES string of the molecule is CCC1(C(=O)Nc2ccccc2S(N)(=O)=O)CCNC1. The molecule has 1 heterocycles. The lowest BCUT2D eigenvalue weighted by Crippen LogP contribution is -2.38. The van der Waals surface area contributed by atoms with E-state index in [4.69, 9.17) is 5.14 Å². The van der Waals surface area contributed by atoms with E-state index in [0.29, 0.717) is 13.0 Å². The van der Waals surface area contributed by atoms with E-state index in [9.17, 15) is 13.2 Å². The number of anilines is 1. The van der Waals surface area contributed by atoms with E-state index in [1.165, 1.54) is 6.07 Å².